The van der Waals surface area contributed by atoms with Crippen molar-refractivity contribution in [2.45, 2.75) is 13.0 Å². The molecule has 2 aromatic carbocycles. The molecule has 0 saturated carbocycles. The Labute approximate surface area is 195 Å². The van der Waals surface area contributed by atoms with Crippen LogP contribution >= 0.6 is 0 Å². The Kier molecular flexibility index (Phi) is 6.43. The van der Waals surface area contributed by atoms with Gasteiger partial charge in [-0.15, -0.1) is 10.2 Å². The van der Waals surface area contributed by atoms with Gasteiger partial charge in [-0.1, -0.05) is 12.1 Å². The molecule has 0 aliphatic carbocycles. The van der Waals surface area contributed by atoms with E-state index in [0.717, 1.165) is 5.56 Å². The third kappa shape index (κ3) is 4.27. The molecule has 9 nitrogen and oxygen atoms in total. The summed E-state index contributed by atoms with van der Waals surface area (Å²) in [7, 11) is 4.39. The molecule has 0 aliphatic rings. The van der Waals surface area contributed by atoms with Crippen molar-refractivity contribution in [2.75, 3.05) is 21.3 Å². The van der Waals surface area contributed by atoms with E-state index in [1.165, 1.54) is 21.3 Å². The van der Waals surface area contributed by atoms with Gasteiger partial charge in [-0.2, -0.15) is 5.26 Å². The Morgan fingerprint density at radius 1 is 0.971 bits per heavy atom. The fourth-order valence-electron chi connectivity index (χ4n) is 3.55. The second-order valence-electron chi connectivity index (χ2n) is 7.26. The zero-order valence-electron chi connectivity index (χ0n) is 19.0. The molecule has 9 heteroatoms. The predicted molar refractivity (Wildman–Crippen MR) is 121 cm³/mol. The van der Waals surface area contributed by atoms with Crippen molar-refractivity contribution in [2.24, 2.45) is 0 Å². The van der Waals surface area contributed by atoms with Gasteiger partial charge in [0.05, 0.1) is 19.8 Å². The van der Waals surface area contributed by atoms with Crippen LogP contribution in [-0.4, -0.2) is 37.3 Å². The number of hydrogen-bond acceptors (Lipinski definition) is 9. The molecule has 2 heterocycles. The minimum Gasteiger partial charge on any atom is -0.493 e. The molecule has 0 radical (unpaired) electrons. The number of Topliss-reactive ketones (excluding diaryl/α,β-unsaturated/α-hetero) is 1. The lowest BCUT2D eigenvalue weighted by Gasteiger charge is -2.13. The normalized spacial score (nSPS) is 11.6. The summed E-state index contributed by atoms with van der Waals surface area (Å²) in [5, 5.41) is 17.3. The molecular weight excluding hydrogens is 438 g/mol. The number of nitriles is 1. The lowest BCUT2D eigenvalue weighted by molar-refractivity contribution is 0.0577. The van der Waals surface area contributed by atoms with E-state index in [1.807, 2.05) is 0 Å². The minimum atomic E-state index is -0.877. The standard InChI is InChI=1S/C25H21N3O6/c1-14-27-28-25(33-14)16-7-5-15(6-8-16)24(32-4)22(29)20-10-9-19(34-20)17-11-18(13-26)23(31-3)21(12-17)30-2/h5-12,24H,1-4H3. The summed E-state index contributed by atoms with van der Waals surface area (Å²) < 4.78 is 27.3. The van der Waals surface area contributed by atoms with Crippen molar-refractivity contribution in [1.29, 1.82) is 5.26 Å². The molecule has 1 atom stereocenters. The number of furan rings is 1. The molecule has 34 heavy (non-hydrogen) atoms. The SMILES string of the molecule is COc1cc(-c2ccc(C(=O)C(OC)c3ccc(-c4nnc(C)o4)cc3)o2)cc(C#N)c1OC. The largest absolute Gasteiger partial charge is 0.493 e. The number of methoxy groups -OCH3 is 3. The fourth-order valence-corrected chi connectivity index (χ4v) is 3.55. The van der Waals surface area contributed by atoms with Crippen LogP contribution in [0.4, 0.5) is 0 Å². The first kappa shape index (κ1) is 22.8. The van der Waals surface area contributed by atoms with Crippen molar-refractivity contribution >= 4 is 5.78 Å². The third-order valence-corrected chi connectivity index (χ3v) is 5.19. The van der Waals surface area contributed by atoms with Gasteiger partial charge in [0.2, 0.25) is 17.6 Å². The molecule has 4 rings (SSSR count). The van der Waals surface area contributed by atoms with Gasteiger partial charge in [-0.3, -0.25) is 4.79 Å². The van der Waals surface area contributed by atoms with Crippen molar-refractivity contribution in [3.05, 3.63) is 71.3 Å². The monoisotopic (exact) mass is 459 g/mol. The maximum absolute atomic E-state index is 13.2. The van der Waals surface area contributed by atoms with Crippen LogP contribution in [0.25, 0.3) is 22.8 Å². The summed E-state index contributed by atoms with van der Waals surface area (Å²) in [5.41, 5.74) is 2.23. The van der Waals surface area contributed by atoms with Crippen molar-refractivity contribution in [3.63, 3.8) is 0 Å². The second-order valence-corrected chi connectivity index (χ2v) is 7.26. The number of benzene rings is 2. The van der Waals surface area contributed by atoms with Crippen LogP contribution in [0.15, 0.2) is 57.4 Å². The topological polar surface area (TPSA) is 121 Å². The molecule has 2 aromatic heterocycles. The van der Waals surface area contributed by atoms with Crippen molar-refractivity contribution < 1.29 is 27.8 Å². The lowest BCUT2D eigenvalue weighted by Crippen LogP contribution is -2.14. The van der Waals surface area contributed by atoms with E-state index < -0.39 is 6.10 Å². The van der Waals surface area contributed by atoms with E-state index in [9.17, 15) is 10.1 Å². The summed E-state index contributed by atoms with van der Waals surface area (Å²) in [6.45, 7) is 1.71. The average molecular weight is 459 g/mol. The molecule has 0 amide bonds. The summed E-state index contributed by atoms with van der Waals surface area (Å²) in [6, 6.07) is 15.7. The lowest BCUT2D eigenvalue weighted by atomic mass is 10.0. The van der Waals surface area contributed by atoms with Gasteiger partial charge in [-0.25, -0.2) is 0 Å². The van der Waals surface area contributed by atoms with Gasteiger partial charge in [-0.05, 0) is 42.0 Å². The Hall–Kier alpha value is -4.42. The minimum absolute atomic E-state index is 0.117. The van der Waals surface area contributed by atoms with Crippen LogP contribution in [0.5, 0.6) is 11.5 Å². The number of rotatable bonds is 8. The highest BCUT2D eigenvalue weighted by Gasteiger charge is 2.25. The second kappa shape index (κ2) is 9.60. The van der Waals surface area contributed by atoms with E-state index in [-0.39, 0.29) is 17.1 Å². The molecule has 0 fully saturated rings. The molecule has 1 unspecified atom stereocenters. The first-order valence-electron chi connectivity index (χ1n) is 10.2. The quantitative estimate of drug-likeness (QED) is 0.343. The Bertz CT molecular complexity index is 1360. The molecule has 0 aliphatic heterocycles. The van der Waals surface area contributed by atoms with E-state index in [4.69, 9.17) is 23.0 Å². The number of ether oxygens (including phenoxy) is 3. The molecule has 0 spiro atoms. The molecule has 0 saturated heterocycles. The molecular formula is C25H21N3O6. The molecule has 0 bridgehead atoms. The first-order chi connectivity index (χ1) is 16.5. The number of ketones is 1. The Balaban J connectivity index is 1.60. The van der Waals surface area contributed by atoms with Crippen LogP contribution in [0.3, 0.4) is 0 Å². The maximum atomic E-state index is 13.2. The number of carbonyl (C=O) groups excluding carboxylic acids is 1. The zero-order valence-corrected chi connectivity index (χ0v) is 19.0. The van der Waals surface area contributed by atoms with E-state index in [0.29, 0.717) is 40.2 Å². The van der Waals surface area contributed by atoms with E-state index in [1.54, 1.807) is 55.5 Å². The van der Waals surface area contributed by atoms with E-state index in [2.05, 4.69) is 16.3 Å². The highest BCUT2D eigenvalue weighted by molar-refractivity contribution is 5.98. The van der Waals surface area contributed by atoms with Crippen molar-refractivity contribution in [3.8, 4) is 40.3 Å². The zero-order chi connectivity index (χ0) is 24.2. The summed E-state index contributed by atoms with van der Waals surface area (Å²) in [6.07, 6.45) is -0.877. The van der Waals surface area contributed by atoms with Gasteiger partial charge >= 0.3 is 0 Å². The van der Waals surface area contributed by atoms with Gasteiger partial charge in [0.1, 0.15) is 17.9 Å². The summed E-state index contributed by atoms with van der Waals surface area (Å²) >= 11 is 0. The average Bonchev–Trinajstić information content (AvgIpc) is 3.53. The van der Waals surface area contributed by atoms with Crippen LogP contribution < -0.4 is 9.47 Å². The number of hydrogen-bond donors (Lipinski definition) is 0. The molecule has 172 valence electrons. The molecule has 4 aromatic rings. The number of aryl methyl sites for hydroxylation is 1. The van der Waals surface area contributed by atoms with Crippen LogP contribution in [0.2, 0.25) is 0 Å². The Morgan fingerprint density at radius 3 is 2.32 bits per heavy atom. The fraction of sp³-hybridized carbons (Fsp3) is 0.200. The summed E-state index contributed by atoms with van der Waals surface area (Å²) in [4.78, 5) is 13.2. The predicted octanol–water partition coefficient (Wildman–Crippen LogP) is 4.76. The van der Waals surface area contributed by atoms with Gasteiger partial charge in [0, 0.05) is 25.2 Å². The molecule has 0 N–H and O–H groups in total. The Morgan fingerprint density at radius 2 is 1.74 bits per heavy atom. The third-order valence-electron chi connectivity index (χ3n) is 5.19. The van der Waals surface area contributed by atoms with Crippen LogP contribution in [0, 0.1) is 18.3 Å². The first-order valence-corrected chi connectivity index (χ1v) is 10.2. The number of carbonyl (C=O) groups is 1. The van der Waals surface area contributed by atoms with Crippen LogP contribution in [-0.2, 0) is 4.74 Å². The smallest absolute Gasteiger partial charge is 0.247 e. The highest BCUT2D eigenvalue weighted by Crippen LogP contribution is 2.37. The highest BCUT2D eigenvalue weighted by atomic mass is 16.5. The number of aromatic nitrogens is 2. The maximum Gasteiger partial charge on any atom is 0.247 e. The van der Waals surface area contributed by atoms with E-state index >= 15 is 0 Å². The van der Waals surface area contributed by atoms with Crippen LogP contribution in [0.1, 0.15) is 33.7 Å². The van der Waals surface area contributed by atoms with Gasteiger partial charge in [0.25, 0.3) is 0 Å². The number of nitrogens with zero attached hydrogens (tertiary/aromatic N) is 3. The van der Waals surface area contributed by atoms with Crippen molar-refractivity contribution in [1.82, 2.24) is 10.2 Å². The van der Waals surface area contributed by atoms with Gasteiger partial charge in [0.15, 0.2) is 17.3 Å². The van der Waals surface area contributed by atoms with Gasteiger partial charge < -0.3 is 23.0 Å². The summed E-state index contributed by atoms with van der Waals surface area (Å²) in [5.74, 6) is 1.74.